The Hall–Kier alpha value is -2.73. The highest BCUT2D eigenvalue weighted by atomic mass is 32.2. The van der Waals surface area contributed by atoms with Crippen molar-refractivity contribution in [2.45, 2.75) is 30.6 Å². The molecule has 1 aliphatic rings. The van der Waals surface area contributed by atoms with E-state index in [4.69, 9.17) is 9.81 Å². The van der Waals surface area contributed by atoms with Crippen molar-refractivity contribution in [1.82, 2.24) is 0 Å². The molecule has 0 aliphatic carbocycles. The molecule has 10 heteroatoms. The highest BCUT2D eigenvalue weighted by molar-refractivity contribution is 7.94. The van der Waals surface area contributed by atoms with Gasteiger partial charge in [-0.3, -0.25) is 4.55 Å². The summed E-state index contributed by atoms with van der Waals surface area (Å²) in [6.07, 6.45) is 11.8. The van der Waals surface area contributed by atoms with Crippen LogP contribution in [-0.2, 0) is 24.9 Å². The minimum atomic E-state index is -4.04. The number of nitrogens with one attached hydrogen (secondary N) is 1. The Kier molecular flexibility index (Phi) is 9.44. The third-order valence-electron chi connectivity index (χ3n) is 5.52. The van der Waals surface area contributed by atoms with Crippen molar-refractivity contribution in [2.24, 2.45) is 0 Å². The molecule has 2 aromatic carbocycles. The molecule has 186 valence electrons. The van der Waals surface area contributed by atoms with Crippen LogP contribution in [0.2, 0.25) is 0 Å². The maximum Gasteiger partial charge on any atom is 0.265 e. The predicted octanol–water partition coefficient (Wildman–Crippen LogP) is 5.51. The summed E-state index contributed by atoms with van der Waals surface area (Å²) < 4.78 is 38.3. The van der Waals surface area contributed by atoms with Gasteiger partial charge in [-0.25, -0.2) is 5.26 Å². The molecule has 0 spiro atoms. The molecule has 0 atom stereocenters. The van der Waals surface area contributed by atoms with Gasteiger partial charge in [-0.15, -0.1) is 4.33 Å². The minimum Gasteiger partial charge on any atom is -0.362 e. The van der Waals surface area contributed by atoms with Crippen molar-refractivity contribution >= 4 is 39.2 Å². The van der Waals surface area contributed by atoms with Gasteiger partial charge in [-0.2, -0.15) is 13.0 Å². The van der Waals surface area contributed by atoms with E-state index >= 15 is 0 Å². The molecule has 0 saturated carbocycles. The van der Waals surface area contributed by atoms with Crippen LogP contribution in [0, 0.1) is 0 Å². The highest BCUT2D eigenvalue weighted by Gasteiger charge is 2.44. The number of rotatable bonds is 12. The number of benzene rings is 2. The zero-order valence-electron chi connectivity index (χ0n) is 19.5. The van der Waals surface area contributed by atoms with Gasteiger partial charge < -0.3 is 5.32 Å². The Labute approximate surface area is 210 Å². The molecule has 3 N–H and O–H groups in total. The van der Waals surface area contributed by atoms with E-state index in [1.54, 1.807) is 0 Å². The van der Waals surface area contributed by atoms with Crippen LogP contribution in [0.3, 0.4) is 0 Å². The summed E-state index contributed by atoms with van der Waals surface area (Å²) in [7, 11) is -4.04. The third kappa shape index (κ3) is 7.63. The predicted molar refractivity (Wildman–Crippen MR) is 138 cm³/mol. The first-order valence-corrected chi connectivity index (χ1v) is 13.3. The van der Waals surface area contributed by atoms with E-state index in [1.807, 2.05) is 85.1 Å². The van der Waals surface area contributed by atoms with Gasteiger partial charge in [0.25, 0.3) is 10.1 Å². The fraction of sp³-hybridized carbons (Fsp3) is 0.240. The van der Waals surface area contributed by atoms with E-state index < -0.39 is 10.1 Å². The lowest BCUT2D eigenvalue weighted by molar-refractivity contribution is -0.437. The Morgan fingerprint density at radius 2 is 1.83 bits per heavy atom. The largest absolute Gasteiger partial charge is 0.362 e. The molecule has 35 heavy (non-hydrogen) atoms. The lowest BCUT2D eigenvalue weighted by Gasteiger charge is -2.15. The maximum atomic E-state index is 11.2. The summed E-state index contributed by atoms with van der Waals surface area (Å²) in [5.74, 6) is -0.315. The molecule has 0 radical (unpaired) electrons. The fourth-order valence-electron chi connectivity index (χ4n) is 3.92. The van der Waals surface area contributed by atoms with Crippen LogP contribution < -0.4 is 5.32 Å². The number of nitrogens with zero attached hydrogens (tertiary/aromatic N) is 1. The Balaban J connectivity index is 1.80. The first kappa shape index (κ1) is 26.9. The van der Waals surface area contributed by atoms with Crippen LogP contribution in [0.25, 0.3) is 0 Å². The Morgan fingerprint density at radius 1 is 1.09 bits per heavy atom. The van der Waals surface area contributed by atoms with Gasteiger partial charge in [0.2, 0.25) is 5.69 Å². The molecular formula is C25H29N2O6S2+. The van der Waals surface area contributed by atoms with Crippen molar-refractivity contribution in [3.05, 3.63) is 90.7 Å². The summed E-state index contributed by atoms with van der Waals surface area (Å²) in [6.45, 7) is 4.59. The second kappa shape index (κ2) is 12.3. The van der Waals surface area contributed by atoms with Crippen LogP contribution >= 0.6 is 12.0 Å². The van der Waals surface area contributed by atoms with Gasteiger partial charge in [-0.05, 0) is 44.2 Å². The average Bonchev–Trinajstić information content (AvgIpc) is 3.03. The van der Waals surface area contributed by atoms with Crippen molar-refractivity contribution in [2.75, 3.05) is 17.6 Å². The van der Waals surface area contributed by atoms with E-state index in [9.17, 15) is 8.42 Å². The van der Waals surface area contributed by atoms with E-state index in [0.29, 0.717) is 6.54 Å². The molecule has 2 aromatic rings. The average molecular weight is 518 g/mol. The smallest absolute Gasteiger partial charge is 0.265 e. The van der Waals surface area contributed by atoms with Gasteiger partial charge in [-0.1, -0.05) is 41.5 Å². The van der Waals surface area contributed by atoms with E-state index in [0.717, 1.165) is 39.6 Å². The lowest BCUT2D eigenvalue weighted by atomic mass is 9.81. The lowest BCUT2D eigenvalue weighted by Crippen LogP contribution is -2.28. The SMILES string of the molecule is CC1(C)C(/C=C/C=C/C=C/Nc2ccccc2)=[N+](CCCS(=O)(=O)O)c2ccc(SOOO)cc21. The number of anilines is 1. The molecule has 8 nitrogen and oxygen atoms in total. The molecular weight excluding hydrogens is 488 g/mol. The Bertz CT molecular complexity index is 1240. The first-order valence-electron chi connectivity index (χ1n) is 10.9. The number of fused-ring (bicyclic) bond motifs is 1. The van der Waals surface area contributed by atoms with Gasteiger partial charge in [0, 0.05) is 40.9 Å². The molecule has 0 aromatic heterocycles. The monoisotopic (exact) mass is 517 g/mol. The highest BCUT2D eigenvalue weighted by Crippen LogP contribution is 2.42. The quantitative estimate of drug-likeness (QED) is 0.0845. The number of hydrogen-bond acceptors (Lipinski definition) is 7. The van der Waals surface area contributed by atoms with Crippen LogP contribution in [0.4, 0.5) is 11.4 Å². The molecule has 0 saturated heterocycles. The third-order valence-corrected chi connectivity index (χ3v) is 6.90. The van der Waals surface area contributed by atoms with Crippen LogP contribution in [0.15, 0.2) is 90.0 Å². The van der Waals surface area contributed by atoms with Crippen molar-refractivity contribution in [3.8, 4) is 0 Å². The molecule has 1 heterocycles. The standard InChI is InChI=1S/C25H28N2O6S2/c1-25(2)22-19-21(34-33-32-28)14-15-23(22)27(17-10-18-35(29,30)31)24(25)13-8-3-4-9-16-26-20-11-6-5-7-12-20/h3-9,11-16,19H,10,17-18H2,1-2H3,(H2,28,29,30,31)/p+1. The maximum absolute atomic E-state index is 11.2. The van der Waals surface area contributed by atoms with Crippen molar-refractivity contribution in [3.63, 3.8) is 0 Å². The van der Waals surface area contributed by atoms with Gasteiger partial charge >= 0.3 is 0 Å². The molecule has 0 fully saturated rings. The normalized spacial score (nSPS) is 15.5. The minimum absolute atomic E-state index is 0.271. The number of hydrogen-bond donors (Lipinski definition) is 3. The van der Waals surface area contributed by atoms with E-state index in [1.165, 1.54) is 0 Å². The zero-order chi connectivity index (χ0) is 25.3. The molecule has 1 aliphatic heterocycles. The summed E-state index contributed by atoms with van der Waals surface area (Å²) in [5.41, 5.74) is 3.56. The zero-order valence-corrected chi connectivity index (χ0v) is 21.1. The van der Waals surface area contributed by atoms with Crippen LogP contribution in [0.5, 0.6) is 0 Å². The molecule has 3 rings (SSSR count). The van der Waals surface area contributed by atoms with Crippen molar-refractivity contribution in [1.29, 1.82) is 0 Å². The van der Waals surface area contributed by atoms with Gasteiger partial charge in [0.15, 0.2) is 5.71 Å². The van der Waals surface area contributed by atoms with Crippen LogP contribution in [0.1, 0.15) is 25.8 Å². The topological polar surface area (TPSA) is 108 Å². The molecule has 0 bridgehead atoms. The van der Waals surface area contributed by atoms with Gasteiger partial charge in [0.1, 0.15) is 6.54 Å². The summed E-state index contributed by atoms with van der Waals surface area (Å²) in [6, 6.07) is 15.5. The van der Waals surface area contributed by atoms with Crippen molar-refractivity contribution < 1.29 is 32.2 Å². The van der Waals surface area contributed by atoms with E-state index in [2.05, 4.69) is 33.1 Å². The first-order chi connectivity index (χ1) is 16.7. The second-order valence-electron chi connectivity index (χ2n) is 8.32. The van der Waals surface area contributed by atoms with E-state index in [-0.39, 0.29) is 17.6 Å². The summed E-state index contributed by atoms with van der Waals surface area (Å²) in [5, 5.41) is 15.3. The summed E-state index contributed by atoms with van der Waals surface area (Å²) >= 11 is 0.883. The molecule has 0 unspecified atom stereocenters. The summed E-state index contributed by atoms with van der Waals surface area (Å²) in [4.78, 5) is 0.741. The van der Waals surface area contributed by atoms with Crippen LogP contribution in [-0.4, -0.2) is 40.8 Å². The van der Waals surface area contributed by atoms with Gasteiger partial charge in [0.05, 0.1) is 23.2 Å². The Morgan fingerprint density at radius 3 is 2.54 bits per heavy atom. The number of allylic oxidation sites excluding steroid dienone is 5. The fourth-order valence-corrected chi connectivity index (χ4v) is 4.81. The molecule has 0 amide bonds. The second-order valence-corrected chi connectivity index (χ2v) is 10.7. The number of para-hydroxylation sites is 1.